The number of ether oxygens (including phenoxy) is 1. The van der Waals surface area contributed by atoms with Gasteiger partial charge in [0.2, 0.25) is 5.91 Å². The van der Waals surface area contributed by atoms with Gasteiger partial charge in [-0.15, -0.1) is 0 Å². The van der Waals surface area contributed by atoms with Crippen LogP contribution in [-0.4, -0.2) is 22.2 Å². The lowest BCUT2D eigenvalue weighted by molar-refractivity contribution is -0.116. The number of nitrogens with one attached hydrogen (secondary N) is 1. The van der Waals surface area contributed by atoms with Crippen molar-refractivity contribution in [3.8, 4) is 11.4 Å². The van der Waals surface area contributed by atoms with Gasteiger partial charge in [0.15, 0.2) is 0 Å². The molecule has 0 fully saturated rings. The Balaban J connectivity index is 1.74. The number of carbonyl (C=O) groups excluding carboxylic acids is 1. The van der Waals surface area contributed by atoms with E-state index in [-0.39, 0.29) is 12.5 Å². The molecule has 0 aliphatic rings. The molecule has 0 unspecified atom stereocenters. The van der Waals surface area contributed by atoms with E-state index in [4.69, 9.17) is 4.74 Å². The maximum absolute atomic E-state index is 12.6. The second-order valence-electron chi connectivity index (χ2n) is 6.93. The summed E-state index contributed by atoms with van der Waals surface area (Å²) in [5.74, 6) is 0.0877. The third kappa shape index (κ3) is 4.86. The van der Waals surface area contributed by atoms with Gasteiger partial charge in [0, 0.05) is 18.1 Å². The number of anilines is 1. The van der Waals surface area contributed by atoms with Gasteiger partial charge in [-0.25, -0.2) is 0 Å². The van der Waals surface area contributed by atoms with Gasteiger partial charge < -0.3 is 10.1 Å². The molecule has 7 nitrogen and oxygen atoms in total. The highest BCUT2D eigenvalue weighted by molar-refractivity contribution is 5.90. The van der Waals surface area contributed by atoms with E-state index in [0.29, 0.717) is 17.1 Å². The lowest BCUT2D eigenvalue weighted by atomic mass is 10.1. The van der Waals surface area contributed by atoms with Gasteiger partial charge in [-0.1, -0.05) is 37.6 Å². The summed E-state index contributed by atoms with van der Waals surface area (Å²) in [6.45, 7) is 1.89. The number of aryl methyl sites for hydroxylation is 1. The molecule has 0 bridgehead atoms. The van der Waals surface area contributed by atoms with Gasteiger partial charge in [0.05, 0.1) is 12.8 Å². The molecule has 3 aromatic rings. The minimum Gasteiger partial charge on any atom is -0.495 e. The zero-order chi connectivity index (χ0) is 21.5. The average Bonchev–Trinajstić information content (AvgIpc) is 2.76. The Morgan fingerprint density at radius 2 is 1.73 bits per heavy atom. The maximum Gasteiger partial charge on any atom is 0.321 e. The molecular formula is C23H25N3O4. The van der Waals surface area contributed by atoms with Crippen LogP contribution in [0.25, 0.3) is 5.69 Å². The first-order valence-electron chi connectivity index (χ1n) is 9.87. The third-order valence-corrected chi connectivity index (χ3v) is 4.77. The van der Waals surface area contributed by atoms with Crippen molar-refractivity contribution in [2.24, 2.45) is 0 Å². The monoisotopic (exact) mass is 407 g/mol. The predicted molar refractivity (Wildman–Crippen MR) is 117 cm³/mol. The minimum absolute atomic E-state index is 0.252. The Bertz CT molecular complexity index is 1130. The van der Waals surface area contributed by atoms with Crippen molar-refractivity contribution < 1.29 is 9.53 Å². The van der Waals surface area contributed by atoms with Crippen LogP contribution in [0.2, 0.25) is 0 Å². The highest BCUT2D eigenvalue weighted by atomic mass is 16.5. The average molecular weight is 407 g/mol. The number of carbonyl (C=O) groups is 1. The molecule has 7 heteroatoms. The van der Waals surface area contributed by atoms with Gasteiger partial charge in [-0.2, -0.15) is 0 Å². The van der Waals surface area contributed by atoms with Crippen molar-refractivity contribution in [1.29, 1.82) is 0 Å². The fourth-order valence-corrected chi connectivity index (χ4v) is 3.14. The Hall–Kier alpha value is -3.61. The molecule has 0 spiro atoms. The van der Waals surface area contributed by atoms with Gasteiger partial charge in [-0.3, -0.25) is 23.5 Å². The van der Waals surface area contributed by atoms with Crippen LogP contribution >= 0.6 is 0 Å². The Morgan fingerprint density at radius 3 is 2.43 bits per heavy atom. The van der Waals surface area contributed by atoms with E-state index in [1.54, 1.807) is 24.3 Å². The summed E-state index contributed by atoms with van der Waals surface area (Å²) >= 11 is 0. The van der Waals surface area contributed by atoms with Crippen LogP contribution in [0.15, 0.2) is 70.5 Å². The number of amides is 1. The predicted octanol–water partition coefficient (Wildman–Crippen LogP) is 2.99. The molecule has 1 heterocycles. The Labute approximate surface area is 174 Å². The number of unbranched alkanes of at least 4 members (excludes halogenated alkanes) is 1. The quantitative estimate of drug-likeness (QED) is 0.582. The van der Waals surface area contributed by atoms with E-state index < -0.39 is 11.1 Å². The summed E-state index contributed by atoms with van der Waals surface area (Å²) in [6, 6.07) is 14.5. The standard InChI is InChI=1S/C23H25N3O4/c1-3-4-7-17-10-12-18(13-11-17)24-21(27)16-25-14-15-26(23(29)22(25)28)19-8-5-6-9-20(19)30-2/h5-6,8-15H,3-4,7,16H2,1-2H3,(H,24,27). The SMILES string of the molecule is CCCCc1ccc(NC(=O)Cn2ccn(-c3ccccc3OC)c(=O)c2=O)cc1. The largest absolute Gasteiger partial charge is 0.495 e. The summed E-state index contributed by atoms with van der Waals surface area (Å²) in [4.78, 5) is 37.4. The van der Waals surface area contributed by atoms with E-state index in [2.05, 4.69) is 12.2 Å². The van der Waals surface area contributed by atoms with E-state index in [0.717, 1.165) is 23.8 Å². The number of hydrogen-bond donors (Lipinski definition) is 1. The topological polar surface area (TPSA) is 82.3 Å². The van der Waals surface area contributed by atoms with Crippen LogP contribution < -0.4 is 21.2 Å². The normalized spacial score (nSPS) is 10.6. The van der Waals surface area contributed by atoms with Crippen molar-refractivity contribution in [2.75, 3.05) is 12.4 Å². The Kier molecular flexibility index (Phi) is 6.85. The maximum atomic E-state index is 12.6. The van der Waals surface area contributed by atoms with Crippen LogP contribution in [-0.2, 0) is 17.8 Å². The van der Waals surface area contributed by atoms with Crippen molar-refractivity contribution in [1.82, 2.24) is 9.13 Å². The molecule has 0 radical (unpaired) electrons. The molecule has 0 aliphatic carbocycles. The van der Waals surface area contributed by atoms with E-state index >= 15 is 0 Å². The van der Waals surface area contributed by atoms with Crippen LogP contribution in [0, 0.1) is 0 Å². The number of methoxy groups -OCH3 is 1. The Morgan fingerprint density at radius 1 is 1.00 bits per heavy atom. The highest BCUT2D eigenvalue weighted by Gasteiger charge is 2.12. The first-order chi connectivity index (χ1) is 14.5. The second kappa shape index (κ2) is 9.73. The lowest BCUT2D eigenvalue weighted by Crippen LogP contribution is -2.41. The van der Waals surface area contributed by atoms with Crippen molar-refractivity contribution in [3.63, 3.8) is 0 Å². The molecule has 1 N–H and O–H groups in total. The molecule has 0 saturated carbocycles. The number of aromatic nitrogens is 2. The molecule has 0 atom stereocenters. The summed E-state index contributed by atoms with van der Waals surface area (Å²) in [6.07, 6.45) is 6.13. The van der Waals surface area contributed by atoms with Crippen LogP contribution in [0.1, 0.15) is 25.3 Å². The fraction of sp³-hybridized carbons (Fsp3) is 0.261. The number of para-hydroxylation sites is 2. The number of nitrogens with zero attached hydrogens (tertiary/aromatic N) is 2. The molecule has 3 rings (SSSR count). The highest BCUT2D eigenvalue weighted by Crippen LogP contribution is 2.19. The summed E-state index contributed by atoms with van der Waals surface area (Å²) in [5.41, 5.74) is 0.784. The number of rotatable bonds is 8. The van der Waals surface area contributed by atoms with Gasteiger partial charge >= 0.3 is 11.1 Å². The zero-order valence-electron chi connectivity index (χ0n) is 17.1. The summed E-state index contributed by atoms with van der Waals surface area (Å²) in [7, 11) is 1.49. The zero-order valence-corrected chi connectivity index (χ0v) is 17.1. The van der Waals surface area contributed by atoms with Crippen molar-refractivity contribution >= 4 is 11.6 Å². The van der Waals surface area contributed by atoms with E-state index in [1.165, 1.54) is 29.6 Å². The fourth-order valence-electron chi connectivity index (χ4n) is 3.14. The van der Waals surface area contributed by atoms with E-state index in [9.17, 15) is 14.4 Å². The van der Waals surface area contributed by atoms with Crippen LogP contribution in [0.4, 0.5) is 5.69 Å². The molecule has 30 heavy (non-hydrogen) atoms. The summed E-state index contributed by atoms with van der Waals surface area (Å²) in [5, 5.41) is 2.76. The number of hydrogen-bond acceptors (Lipinski definition) is 4. The smallest absolute Gasteiger partial charge is 0.321 e. The van der Waals surface area contributed by atoms with E-state index in [1.807, 2.05) is 24.3 Å². The molecule has 2 aromatic carbocycles. The summed E-state index contributed by atoms with van der Waals surface area (Å²) < 4.78 is 7.56. The molecular weight excluding hydrogens is 382 g/mol. The second-order valence-corrected chi connectivity index (χ2v) is 6.93. The minimum atomic E-state index is -0.784. The molecule has 0 saturated heterocycles. The van der Waals surface area contributed by atoms with Gasteiger partial charge in [0.1, 0.15) is 12.3 Å². The van der Waals surface area contributed by atoms with Crippen LogP contribution in [0.3, 0.4) is 0 Å². The molecule has 156 valence electrons. The van der Waals surface area contributed by atoms with Crippen molar-refractivity contribution in [3.05, 3.63) is 87.2 Å². The van der Waals surface area contributed by atoms with Crippen molar-refractivity contribution in [2.45, 2.75) is 32.7 Å². The lowest BCUT2D eigenvalue weighted by Gasteiger charge is -2.12. The number of benzene rings is 2. The molecule has 0 aliphatic heterocycles. The molecule has 1 aromatic heterocycles. The first kappa shape index (κ1) is 21.1. The first-order valence-corrected chi connectivity index (χ1v) is 9.87. The molecule has 1 amide bonds. The third-order valence-electron chi connectivity index (χ3n) is 4.77. The van der Waals surface area contributed by atoms with Gasteiger partial charge in [0.25, 0.3) is 0 Å². The van der Waals surface area contributed by atoms with Crippen LogP contribution in [0.5, 0.6) is 5.75 Å². The van der Waals surface area contributed by atoms with Gasteiger partial charge in [-0.05, 0) is 42.7 Å².